The van der Waals surface area contributed by atoms with Crippen LogP contribution in [-0.2, 0) is 34.1 Å². The molecule has 0 aliphatic rings. The molecule has 0 saturated carbocycles. The lowest BCUT2D eigenvalue weighted by atomic mass is 9.80. The van der Waals surface area contributed by atoms with E-state index in [4.69, 9.17) is 18.9 Å². The van der Waals surface area contributed by atoms with E-state index in [0.29, 0.717) is 12.8 Å². The number of unbranched alkanes of at least 4 members (excludes halogenated alkanes) is 24. The van der Waals surface area contributed by atoms with Crippen LogP contribution in [0, 0.1) is 0 Å². The summed E-state index contributed by atoms with van der Waals surface area (Å²) in [6, 6.07) is 30.3. The van der Waals surface area contributed by atoms with E-state index in [0.717, 1.165) is 55.2 Å². The second-order valence-electron chi connectivity index (χ2n) is 18.0. The van der Waals surface area contributed by atoms with Crippen molar-refractivity contribution in [1.29, 1.82) is 0 Å². The molecule has 0 aliphatic heterocycles. The Morgan fingerprint density at radius 3 is 1.03 bits per heavy atom. The van der Waals surface area contributed by atoms with Crippen LogP contribution < -0.4 is 0 Å². The molecule has 0 fully saturated rings. The topological polar surface area (TPSA) is 91.3 Å². The molecule has 3 aromatic rings. The maximum absolute atomic E-state index is 13.1. The van der Waals surface area contributed by atoms with Gasteiger partial charge in [0.15, 0.2) is 0 Å². The molecular weight excluding hydrogens is 797 g/mol. The standard InChI is InChI=1S/C57H88O7/c1-3-5-7-9-11-13-15-17-19-21-23-25-36-44-55(59)61-47-53(46-58)64-54(48-62-56(60)45-37-26-24-22-20-18-16-14-12-10-8-6-4-2)49-63-57(50-38-30-27-31-39-50,51-40-32-28-33-41-51)52-42-34-29-35-43-52/h27-35,38-43,53-54,58H,3-26,36-37,44-49H2,1-2H3. The summed E-state index contributed by atoms with van der Waals surface area (Å²) in [4.78, 5) is 25.9. The summed E-state index contributed by atoms with van der Waals surface area (Å²) in [5.41, 5.74) is 1.79. The smallest absolute Gasteiger partial charge is 0.305 e. The van der Waals surface area contributed by atoms with Gasteiger partial charge in [-0.25, -0.2) is 0 Å². The molecule has 64 heavy (non-hydrogen) atoms. The van der Waals surface area contributed by atoms with Crippen molar-refractivity contribution in [2.24, 2.45) is 0 Å². The van der Waals surface area contributed by atoms with Crippen LogP contribution in [0.1, 0.15) is 210 Å². The molecule has 1 N–H and O–H groups in total. The van der Waals surface area contributed by atoms with Gasteiger partial charge < -0.3 is 24.1 Å². The average Bonchev–Trinajstić information content (AvgIpc) is 3.33. The van der Waals surface area contributed by atoms with Crippen molar-refractivity contribution in [3.05, 3.63) is 108 Å². The second-order valence-corrected chi connectivity index (χ2v) is 18.0. The zero-order valence-electron chi connectivity index (χ0n) is 40.3. The summed E-state index contributed by atoms with van der Waals surface area (Å²) < 4.78 is 25.0. The lowest BCUT2D eigenvalue weighted by Crippen LogP contribution is -2.40. The van der Waals surface area contributed by atoms with Crippen LogP contribution in [0.5, 0.6) is 0 Å². The van der Waals surface area contributed by atoms with Crippen molar-refractivity contribution in [3.63, 3.8) is 0 Å². The number of carbonyl (C=O) groups excluding carboxylic acids is 2. The summed E-state index contributed by atoms with van der Waals surface area (Å²) in [6.07, 6.45) is 31.4. The molecule has 0 amide bonds. The highest BCUT2D eigenvalue weighted by atomic mass is 16.6. The maximum Gasteiger partial charge on any atom is 0.305 e. The number of esters is 2. The zero-order chi connectivity index (χ0) is 45.6. The average molecular weight is 885 g/mol. The fourth-order valence-electron chi connectivity index (χ4n) is 8.61. The van der Waals surface area contributed by atoms with Crippen molar-refractivity contribution >= 4 is 11.9 Å². The lowest BCUT2D eigenvalue weighted by Gasteiger charge is -2.37. The monoisotopic (exact) mass is 885 g/mol. The Balaban J connectivity index is 1.54. The van der Waals surface area contributed by atoms with Gasteiger partial charge >= 0.3 is 11.9 Å². The van der Waals surface area contributed by atoms with Crippen LogP contribution in [0.25, 0.3) is 0 Å². The fraction of sp³-hybridized carbons (Fsp3) is 0.649. The molecule has 0 aromatic heterocycles. The van der Waals surface area contributed by atoms with Crippen molar-refractivity contribution in [3.8, 4) is 0 Å². The molecule has 2 unspecified atom stereocenters. The van der Waals surface area contributed by atoms with E-state index >= 15 is 0 Å². The minimum Gasteiger partial charge on any atom is -0.463 e. The minimum atomic E-state index is -1.01. The first kappa shape index (κ1) is 54.8. The molecule has 3 rings (SSSR count). The number of benzene rings is 3. The van der Waals surface area contributed by atoms with Gasteiger partial charge in [0.2, 0.25) is 0 Å². The Kier molecular flexibility index (Phi) is 31.4. The molecule has 0 radical (unpaired) electrons. The van der Waals surface area contributed by atoms with Gasteiger partial charge in [-0.1, -0.05) is 259 Å². The first-order valence-corrected chi connectivity index (χ1v) is 25.9. The maximum atomic E-state index is 13.1. The third kappa shape index (κ3) is 23.6. The molecular formula is C57H88O7. The summed E-state index contributed by atoms with van der Waals surface area (Å²) in [5, 5.41) is 10.4. The fourth-order valence-corrected chi connectivity index (χ4v) is 8.61. The molecule has 0 aliphatic carbocycles. The third-order valence-electron chi connectivity index (χ3n) is 12.4. The summed E-state index contributed by atoms with van der Waals surface area (Å²) in [5.74, 6) is -0.569. The zero-order valence-corrected chi connectivity index (χ0v) is 40.3. The predicted molar refractivity (Wildman–Crippen MR) is 263 cm³/mol. The van der Waals surface area contributed by atoms with Gasteiger partial charge in [-0.15, -0.1) is 0 Å². The number of hydrogen-bond donors (Lipinski definition) is 1. The van der Waals surface area contributed by atoms with Crippen molar-refractivity contribution in [1.82, 2.24) is 0 Å². The van der Waals surface area contributed by atoms with E-state index in [1.54, 1.807) is 0 Å². The number of aliphatic hydroxyl groups excluding tert-OH is 1. The highest BCUT2D eigenvalue weighted by molar-refractivity contribution is 5.69. The number of carbonyl (C=O) groups is 2. The molecule has 7 nitrogen and oxygen atoms in total. The predicted octanol–water partition coefficient (Wildman–Crippen LogP) is 14.8. The van der Waals surface area contributed by atoms with E-state index in [1.165, 1.54) is 128 Å². The van der Waals surface area contributed by atoms with Gasteiger partial charge in [0.1, 0.15) is 31.0 Å². The van der Waals surface area contributed by atoms with E-state index in [9.17, 15) is 14.7 Å². The van der Waals surface area contributed by atoms with Crippen molar-refractivity contribution in [2.75, 3.05) is 26.4 Å². The molecule has 0 saturated heterocycles. The van der Waals surface area contributed by atoms with E-state index in [-0.39, 0.29) is 38.4 Å². The number of aliphatic hydroxyl groups is 1. The molecule has 0 heterocycles. The summed E-state index contributed by atoms with van der Waals surface area (Å²) >= 11 is 0. The Labute approximate surface area is 389 Å². The Bertz CT molecular complexity index is 1430. The highest BCUT2D eigenvalue weighted by Crippen LogP contribution is 2.40. The van der Waals surface area contributed by atoms with Gasteiger partial charge in [-0.2, -0.15) is 0 Å². The number of hydrogen-bond acceptors (Lipinski definition) is 7. The van der Waals surface area contributed by atoms with Crippen LogP contribution in [0.3, 0.4) is 0 Å². The van der Waals surface area contributed by atoms with Crippen LogP contribution in [0.2, 0.25) is 0 Å². The normalized spacial score (nSPS) is 12.5. The van der Waals surface area contributed by atoms with Gasteiger partial charge in [-0.3, -0.25) is 9.59 Å². The molecule has 2 atom stereocenters. The second kappa shape index (κ2) is 36.7. The van der Waals surface area contributed by atoms with Crippen molar-refractivity contribution < 1.29 is 33.6 Å². The molecule has 0 bridgehead atoms. The minimum absolute atomic E-state index is 0.0358. The lowest BCUT2D eigenvalue weighted by molar-refractivity contribution is -0.165. The number of ether oxygens (including phenoxy) is 4. The van der Waals surface area contributed by atoms with Crippen LogP contribution >= 0.6 is 0 Å². The quantitative estimate of drug-likeness (QED) is 0.0345. The van der Waals surface area contributed by atoms with Gasteiger partial charge in [0.05, 0.1) is 13.2 Å². The first-order chi connectivity index (χ1) is 31.5. The molecule has 358 valence electrons. The van der Waals surface area contributed by atoms with E-state index < -0.39 is 17.8 Å². The molecule has 3 aromatic carbocycles. The SMILES string of the molecule is CCCCCCCCCCCCCCCC(=O)OCC(CO)OC(COC(=O)CCCCCCCCCCCCCCC)COC(c1ccccc1)(c1ccccc1)c1ccccc1. The Morgan fingerprint density at radius 1 is 0.422 bits per heavy atom. The largest absolute Gasteiger partial charge is 0.463 e. The Hall–Kier alpha value is -3.52. The van der Waals surface area contributed by atoms with Gasteiger partial charge in [0.25, 0.3) is 0 Å². The molecule has 0 spiro atoms. The number of rotatable bonds is 41. The first-order valence-electron chi connectivity index (χ1n) is 25.9. The van der Waals surface area contributed by atoms with Gasteiger partial charge in [-0.05, 0) is 29.5 Å². The van der Waals surface area contributed by atoms with Gasteiger partial charge in [0, 0.05) is 12.8 Å². The van der Waals surface area contributed by atoms with Crippen LogP contribution in [0.4, 0.5) is 0 Å². The third-order valence-corrected chi connectivity index (χ3v) is 12.4. The Morgan fingerprint density at radius 2 is 0.719 bits per heavy atom. The molecule has 7 heteroatoms. The highest BCUT2D eigenvalue weighted by Gasteiger charge is 2.38. The van der Waals surface area contributed by atoms with E-state index in [2.05, 4.69) is 50.2 Å². The van der Waals surface area contributed by atoms with Crippen LogP contribution in [-0.4, -0.2) is 55.7 Å². The summed E-state index contributed by atoms with van der Waals surface area (Å²) in [6.45, 7) is 4.04. The van der Waals surface area contributed by atoms with Crippen LogP contribution in [0.15, 0.2) is 91.0 Å². The van der Waals surface area contributed by atoms with Crippen molar-refractivity contribution in [2.45, 2.75) is 211 Å². The van der Waals surface area contributed by atoms with E-state index in [1.807, 2.05) is 54.6 Å². The summed E-state index contributed by atoms with van der Waals surface area (Å²) in [7, 11) is 0.